The van der Waals surface area contributed by atoms with Crippen LogP contribution < -0.4 is 5.32 Å². The normalized spacial score (nSPS) is 15.8. The Morgan fingerprint density at radius 3 is 2.68 bits per heavy atom. The average molecular weight is 266 g/mol. The van der Waals surface area contributed by atoms with E-state index in [2.05, 4.69) is 5.32 Å². The molecule has 19 heavy (non-hydrogen) atoms. The third kappa shape index (κ3) is 4.61. The first-order chi connectivity index (χ1) is 8.87. The second kappa shape index (κ2) is 6.63. The van der Waals surface area contributed by atoms with E-state index >= 15 is 0 Å². The van der Waals surface area contributed by atoms with Gasteiger partial charge in [-0.2, -0.15) is 0 Å². The first-order valence-corrected chi connectivity index (χ1v) is 6.56. The first-order valence-electron chi connectivity index (χ1n) is 6.56. The maximum atomic E-state index is 11.0. The summed E-state index contributed by atoms with van der Waals surface area (Å²) in [4.78, 5) is 10.6. The molecule has 0 aliphatic rings. The summed E-state index contributed by atoms with van der Waals surface area (Å²) in [6.07, 6.45) is 1.60. The summed E-state index contributed by atoms with van der Waals surface area (Å²) in [5, 5.41) is 24.2. The molecule has 0 aliphatic carbocycles. The molecular formula is C14H22N2O3. The van der Waals surface area contributed by atoms with Gasteiger partial charge in [-0.05, 0) is 20.3 Å². The topological polar surface area (TPSA) is 75.4 Å². The largest absolute Gasteiger partial charge is 0.389 e. The monoisotopic (exact) mass is 266 g/mol. The van der Waals surface area contributed by atoms with Gasteiger partial charge in [0.05, 0.1) is 10.5 Å². The third-order valence-electron chi connectivity index (χ3n) is 3.18. The average Bonchev–Trinajstić information content (AvgIpc) is 2.36. The van der Waals surface area contributed by atoms with E-state index in [0.29, 0.717) is 18.5 Å². The van der Waals surface area contributed by atoms with Crippen molar-refractivity contribution in [2.75, 3.05) is 6.54 Å². The number of hydrogen-bond donors (Lipinski definition) is 2. The van der Waals surface area contributed by atoms with Crippen LogP contribution in [0.4, 0.5) is 5.69 Å². The van der Waals surface area contributed by atoms with Gasteiger partial charge in [0.25, 0.3) is 5.69 Å². The molecule has 0 saturated heterocycles. The van der Waals surface area contributed by atoms with Crippen LogP contribution in [0.25, 0.3) is 0 Å². The molecular weight excluding hydrogens is 244 g/mol. The van der Waals surface area contributed by atoms with Crippen LogP contribution >= 0.6 is 0 Å². The Bertz CT molecular complexity index is 432. The highest BCUT2D eigenvalue weighted by molar-refractivity contribution is 5.41. The van der Waals surface area contributed by atoms with Crippen molar-refractivity contribution in [3.63, 3.8) is 0 Å². The van der Waals surface area contributed by atoms with Crippen LogP contribution in [0.3, 0.4) is 0 Å². The second-order valence-corrected chi connectivity index (χ2v) is 5.17. The van der Waals surface area contributed by atoms with Crippen LogP contribution in [0.15, 0.2) is 24.3 Å². The van der Waals surface area contributed by atoms with Crippen LogP contribution in [-0.2, 0) is 0 Å². The Kier molecular flexibility index (Phi) is 5.44. The molecule has 0 aliphatic heterocycles. The summed E-state index contributed by atoms with van der Waals surface area (Å²) in [7, 11) is 0. The standard InChI is InChI=1S/C14H22N2O3/c1-4-9-14(3,17)10-15-11(2)12-7-5-6-8-13(12)16(18)19/h5-8,11,15,17H,4,9-10H2,1-3H3. The van der Waals surface area contributed by atoms with E-state index in [4.69, 9.17) is 0 Å². The van der Waals surface area contributed by atoms with Gasteiger partial charge in [-0.1, -0.05) is 31.5 Å². The molecule has 1 rings (SSSR count). The Labute approximate surface area is 113 Å². The molecule has 5 heteroatoms. The summed E-state index contributed by atoms with van der Waals surface area (Å²) >= 11 is 0. The van der Waals surface area contributed by atoms with Gasteiger partial charge in [-0.15, -0.1) is 0 Å². The zero-order valence-electron chi connectivity index (χ0n) is 11.7. The van der Waals surface area contributed by atoms with E-state index in [9.17, 15) is 15.2 Å². The Balaban J connectivity index is 2.74. The molecule has 2 atom stereocenters. The molecule has 0 amide bonds. The summed E-state index contributed by atoms with van der Waals surface area (Å²) in [6, 6.07) is 6.50. The zero-order chi connectivity index (χ0) is 14.5. The smallest absolute Gasteiger partial charge is 0.274 e. The van der Waals surface area contributed by atoms with E-state index in [1.165, 1.54) is 6.07 Å². The number of nitrogens with zero attached hydrogens (tertiary/aromatic N) is 1. The number of para-hydroxylation sites is 1. The molecule has 106 valence electrons. The molecule has 0 saturated carbocycles. The van der Waals surface area contributed by atoms with Gasteiger partial charge in [0, 0.05) is 24.2 Å². The van der Waals surface area contributed by atoms with Crippen molar-refractivity contribution >= 4 is 5.69 Å². The molecule has 1 aromatic carbocycles. The number of hydrogen-bond acceptors (Lipinski definition) is 4. The first kappa shape index (κ1) is 15.6. The lowest BCUT2D eigenvalue weighted by atomic mass is 9.99. The predicted octanol–water partition coefficient (Wildman–Crippen LogP) is 2.80. The maximum absolute atomic E-state index is 11.0. The van der Waals surface area contributed by atoms with Crippen molar-refractivity contribution in [1.29, 1.82) is 0 Å². The summed E-state index contributed by atoms with van der Waals surface area (Å²) in [5.74, 6) is 0. The molecule has 5 nitrogen and oxygen atoms in total. The molecule has 0 spiro atoms. The highest BCUT2D eigenvalue weighted by atomic mass is 16.6. The quantitative estimate of drug-likeness (QED) is 0.588. The van der Waals surface area contributed by atoms with Crippen LogP contribution in [-0.4, -0.2) is 22.2 Å². The van der Waals surface area contributed by atoms with Crippen LogP contribution in [0.2, 0.25) is 0 Å². The summed E-state index contributed by atoms with van der Waals surface area (Å²) in [6.45, 7) is 6.06. The van der Waals surface area contributed by atoms with Gasteiger partial charge < -0.3 is 10.4 Å². The van der Waals surface area contributed by atoms with Gasteiger partial charge in [0.15, 0.2) is 0 Å². The van der Waals surface area contributed by atoms with Crippen LogP contribution in [0, 0.1) is 10.1 Å². The number of aliphatic hydroxyl groups is 1. The Hall–Kier alpha value is -1.46. The fourth-order valence-corrected chi connectivity index (χ4v) is 2.13. The Morgan fingerprint density at radius 1 is 1.47 bits per heavy atom. The number of nitro benzene ring substituents is 1. The molecule has 0 fully saturated rings. The van der Waals surface area contributed by atoms with Crippen molar-refractivity contribution in [3.05, 3.63) is 39.9 Å². The van der Waals surface area contributed by atoms with Gasteiger partial charge >= 0.3 is 0 Å². The zero-order valence-corrected chi connectivity index (χ0v) is 11.7. The van der Waals surface area contributed by atoms with Gasteiger partial charge in [0.1, 0.15) is 0 Å². The van der Waals surface area contributed by atoms with E-state index in [1.807, 2.05) is 13.8 Å². The number of nitrogens with one attached hydrogen (secondary N) is 1. The third-order valence-corrected chi connectivity index (χ3v) is 3.18. The fraction of sp³-hybridized carbons (Fsp3) is 0.571. The minimum absolute atomic E-state index is 0.109. The van der Waals surface area contributed by atoms with Crippen molar-refractivity contribution in [1.82, 2.24) is 5.32 Å². The van der Waals surface area contributed by atoms with Crippen LogP contribution in [0.1, 0.15) is 45.2 Å². The molecule has 0 heterocycles. The molecule has 2 N–H and O–H groups in total. The van der Waals surface area contributed by atoms with E-state index < -0.39 is 5.60 Å². The number of benzene rings is 1. The Morgan fingerprint density at radius 2 is 2.11 bits per heavy atom. The highest BCUT2D eigenvalue weighted by Gasteiger charge is 2.22. The van der Waals surface area contributed by atoms with Crippen molar-refractivity contribution in [2.24, 2.45) is 0 Å². The lowest BCUT2D eigenvalue weighted by Gasteiger charge is -2.25. The van der Waals surface area contributed by atoms with Crippen molar-refractivity contribution < 1.29 is 10.0 Å². The lowest BCUT2D eigenvalue weighted by Crippen LogP contribution is -2.38. The summed E-state index contributed by atoms with van der Waals surface area (Å²) in [5.41, 5.74) is -0.0375. The van der Waals surface area contributed by atoms with E-state index in [1.54, 1.807) is 25.1 Å². The lowest BCUT2D eigenvalue weighted by molar-refractivity contribution is -0.385. The maximum Gasteiger partial charge on any atom is 0.274 e. The predicted molar refractivity (Wildman–Crippen MR) is 75.0 cm³/mol. The molecule has 2 unspecified atom stereocenters. The number of rotatable bonds is 7. The minimum Gasteiger partial charge on any atom is -0.389 e. The summed E-state index contributed by atoms with van der Waals surface area (Å²) < 4.78 is 0. The van der Waals surface area contributed by atoms with Crippen molar-refractivity contribution in [3.8, 4) is 0 Å². The molecule has 0 aromatic heterocycles. The molecule has 0 radical (unpaired) electrons. The van der Waals surface area contributed by atoms with Gasteiger partial charge in [-0.3, -0.25) is 10.1 Å². The number of nitro groups is 1. The molecule has 0 bridgehead atoms. The fourth-order valence-electron chi connectivity index (χ4n) is 2.13. The SMILES string of the molecule is CCCC(C)(O)CNC(C)c1ccccc1[N+](=O)[O-]. The van der Waals surface area contributed by atoms with Gasteiger partial charge in [0.2, 0.25) is 0 Å². The second-order valence-electron chi connectivity index (χ2n) is 5.17. The molecule has 1 aromatic rings. The van der Waals surface area contributed by atoms with E-state index in [0.717, 1.165) is 6.42 Å². The highest BCUT2D eigenvalue weighted by Crippen LogP contribution is 2.24. The van der Waals surface area contributed by atoms with E-state index in [-0.39, 0.29) is 16.7 Å². The van der Waals surface area contributed by atoms with Crippen LogP contribution in [0.5, 0.6) is 0 Å². The van der Waals surface area contributed by atoms with Gasteiger partial charge in [-0.25, -0.2) is 0 Å². The minimum atomic E-state index is -0.785. The van der Waals surface area contributed by atoms with Crippen molar-refractivity contribution in [2.45, 2.75) is 45.3 Å².